The van der Waals surface area contributed by atoms with Gasteiger partial charge in [-0.25, -0.2) is 8.78 Å². The molecular weight excluding hydrogens is 214 g/mol. The molecule has 1 aromatic rings. The van der Waals surface area contributed by atoms with Crippen LogP contribution in [-0.2, 0) is 11.2 Å². The molecule has 1 atom stereocenters. The van der Waals surface area contributed by atoms with Gasteiger partial charge in [0.05, 0.1) is 6.04 Å². The van der Waals surface area contributed by atoms with Crippen molar-refractivity contribution in [3.8, 4) is 0 Å². The predicted molar refractivity (Wildman–Crippen MR) is 54.9 cm³/mol. The van der Waals surface area contributed by atoms with E-state index in [1.807, 2.05) is 0 Å². The topological polar surface area (TPSA) is 41.1 Å². The zero-order valence-corrected chi connectivity index (χ0v) is 8.59. The van der Waals surface area contributed by atoms with Gasteiger partial charge in [-0.15, -0.1) is 0 Å². The van der Waals surface area contributed by atoms with Crippen LogP contribution in [-0.4, -0.2) is 25.0 Å². The van der Waals surface area contributed by atoms with Gasteiger partial charge in [0.15, 0.2) is 0 Å². The Morgan fingerprint density at radius 2 is 1.94 bits per heavy atom. The summed E-state index contributed by atoms with van der Waals surface area (Å²) in [5.41, 5.74) is -0.0444. The van der Waals surface area contributed by atoms with Gasteiger partial charge < -0.3 is 10.6 Å². The van der Waals surface area contributed by atoms with E-state index in [0.29, 0.717) is 13.1 Å². The molecule has 1 saturated heterocycles. The maximum absolute atomic E-state index is 13.3. The number of piperazine rings is 1. The zero-order valence-electron chi connectivity index (χ0n) is 8.59. The molecule has 2 rings (SSSR count). The molecule has 1 aliphatic heterocycles. The lowest BCUT2D eigenvalue weighted by Gasteiger charge is -2.23. The van der Waals surface area contributed by atoms with Crippen molar-refractivity contribution in [1.29, 1.82) is 0 Å². The van der Waals surface area contributed by atoms with Crippen molar-refractivity contribution in [2.24, 2.45) is 0 Å². The van der Waals surface area contributed by atoms with Gasteiger partial charge in [-0.2, -0.15) is 0 Å². The van der Waals surface area contributed by atoms with Crippen LogP contribution in [0.3, 0.4) is 0 Å². The molecular formula is C11H12F2N2O. The second-order valence-corrected chi connectivity index (χ2v) is 3.70. The first-order chi connectivity index (χ1) is 7.68. The molecule has 2 N–H and O–H groups in total. The monoisotopic (exact) mass is 226 g/mol. The maximum atomic E-state index is 13.3. The highest BCUT2D eigenvalue weighted by Crippen LogP contribution is 2.14. The minimum Gasteiger partial charge on any atom is -0.353 e. The first-order valence-electron chi connectivity index (χ1n) is 5.12. The number of hydrogen-bond donors (Lipinski definition) is 2. The van der Waals surface area contributed by atoms with Gasteiger partial charge in [-0.1, -0.05) is 6.07 Å². The molecule has 0 aromatic heterocycles. The second-order valence-electron chi connectivity index (χ2n) is 3.70. The van der Waals surface area contributed by atoms with Gasteiger partial charge in [0.25, 0.3) is 0 Å². The van der Waals surface area contributed by atoms with Crippen LogP contribution in [0.15, 0.2) is 18.2 Å². The Morgan fingerprint density at radius 3 is 2.56 bits per heavy atom. The Balaban J connectivity index is 2.16. The Bertz CT molecular complexity index is 389. The number of benzene rings is 1. The lowest BCUT2D eigenvalue weighted by molar-refractivity contribution is -0.124. The fourth-order valence-corrected chi connectivity index (χ4v) is 1.74. The SMILES string of the molecule is O=C1NCCNC1Cc1c(F)cccc1F. The molecule has 0 spiro atoms. The number of carbonyl (C=O) groups excluding carboxylic acids is 1. The zero-order chi connectivity index (χ0) is 11.5. The van der Waals surface area contributed by atoms with Crippen LogP contribution in [0.4, 0.5) is 8.78 Å². The smallest absolute Gasteiger partial charge is 0.237 e. The van der Waals surface area contributed by atoms with Gasteiger partial charge in [0, 0.05) is 25.1 Å². The van der Waals surface area contributed by atoms with Crippen LogP contribution in [0.25, 0.3) is 0 Å². The van der Waals surface area contributed by atoms with E-state index in [-0.39, 0.29) is 17.9 Å². The molecule has 1 aliphatic rings. The summed E-state index contributed by atoms with van der Waals surface area (Å²) < 4.78 is 26.7. The molecule has 0 saturated carbocycles. The molecule has 1 unspecified atom stereocenters. The van der Waals surface area contributed by atoms with E-state index in [1.165, 1.54) is 18.2 Å². The normalized spacial score (nSPS) is 20.6. The number of rotatable bonds is 2. The van der Waals surface area contributed by atoms with Gasteiger partial charge in [-0.3, -0.25) is 4.79 Å². The van der Waals surface area contributed by atoms with Gasteiger partial charge in [-0.05, 0) is 12.1 Å². The van der Waals surface area contributed by atoms with Gasteiger partial charge in [0.1, 0.15) is 11.6 Å². The van der Waals surface area contributed by atoms with Crippen LogP contribution in [0, 0.1) is 11.6 Å². The Kier molecular flexibility index (Phi) is 3.14. The summed E-state index contributed by atoms with van der Waals surface area (Å²) in [6.45, 7) is 1.17. The van der Waals surface area contributed by atoms with E-state index < -0.39 is 17.7 Å². The summed E-state index contributed by atoms with van der Waals surface area (Å²) in [6.07, 6.45) is 0.0321. The summed E-state index contributed by atoms with van der Waals surface area (Å²) in [4.78, 5) is 11.4. The Morgan fingerprint density at radius 1 is 1.25 bits per heavy atom. The summed E-state index contributed by atoms with van der Waals surface area (Å²) in [5, 5.41) is 5.57. The lowest BCUT2D eigenvalue weighted by Crippen LogP contribution is -2.53. The first kappa shape index (κ1) is 11.0. The van der Waals surface area contributed by atoms with E-state index in [2.05, 4.69) is 10.6 Å². The largest absolute Gasteiger partial charge is 0.353 e. The van der Waals surface area contributed by atoms with Crippen molar-refractivity contribution in [2.45, 2.75) is 12.5 Å². The van der Waals surface area contributed by atoms with Crippen molar-refractivity contribution >= 4 is 5.91 Å². The van der Waals surface area contributed by atoms with Crippen LogP contribution < -0.4 is 10.6 Å². The van der Waals surface area contributed by atoms with E-state index in [0.717, 1.165) is 0 Å². The fourth-order valence-electron chi connectivity index (χ4n) is 1.74. The van der Waals surface area contributed by atoms with Gasteiger partial charge in [0.2, 0.25) is 5.91 Å². The molecule has 0 bridgehead atoms. The number of halogens is 2. The van der Waals surface area contributed by atoms with Crippen LogP contribution >= 0.6 is 0 Å². The van der Waals surface area contributed by atoms with E-state index in [1.54, 1.807) is 0 Å². The molecule has 1 fully saturated rings. The third kappa shape index (κ3) is 2.19. The highest BCUT2D eigenvalue weighted by atomic mass is 19.1. The van der Waals surface area contributed by atoms with Crippen LogP contribution in [0.2, 0.25) is 0 Å². The maximum Gasteiger partial charge on any atom is 0.237 e. The molecule has 1 aromatic carbocycles. The Hall–Kier alpha value is -1.49. The highest BCUT2D eigenvalue weighted by Gasteiger charge is 2.24. The minimum atomic E-state index is -0.611. The van der Waals surface area contributed by atoms with Crippen LogP contribution in [0.1, 0.15) is 5.56 Å². The van der Waals surface area contributed by atoms with E-state index in [4.69, 9.17) is 0 Å². The summed E-state index contributed by atoms with van der Waals surface area (Å²) in [7, 11) is 0. The third-order valence-corrected chi connectivity index (χ3v) is 2.60. The molecule has 1 heterocycles. The summed E-state index contributed by atoms with van der Waals surface area (Å²) in [6, 6.07) is 3.14. The lowest BCUT2D eigenvalue weighted by atomic mass is 10.0. The summed E-state index contributed by atoms with van der Waals surface area (Å²) >= 11 is 0. The summed E-state index contributed by atoms with van der Waals surface area (Å²) in [5.74, 6) is -1.44. The third-order valence-electron chi connectivity index (χ3n) is 2.60. The number of amides is 1. The van der Waals surface area contributed by atoms with Crippen molar-refractivity contribution in [3.05, 3.63) is 35.4 Å². The fraction of sp³-hybridized carbons (Fsp3) is 0.364. The molecule has 86 valence electrons. The van der Waals surface area contributed by atoms with E-state index in [9.17, 15) is 13.6 Å². The van der Waals surface area contributed by atoms with Crippen LogP contribution in [0.5, 0.6) is 0 Å². The average molecular weight is 226 g/mol. The molecule has 0 radical (unpaired) electrons. The second kappa shape index (κ2) is 4.57. The number of hydrogen-bond acceptors (Lipinski definition) is 2. The van der Waals surface area contributed by atoms with Crippen molar-refractivity contribution in [3.63, 3.8) is 0 Å². The number of carbonyl (C=O) groups is 1. The predicted octanol–water partition coefficient (Wildman–Crippen LogP) is 0.595. The molecule has 16 heavy (non-hydrogen) atoms. The standard InChI is InChI=1S/C11H12F2N2O/c12-8-2-1-3-9(13)7(8)6-10-11(16)15-5-4-14-10/h1-3,10,14H,4-6H2,(H,15,16). The van der Waals surface area contributed by atoms with Crippen molar-refractivity contribution in [1.82, 2.24) is 10.6 Å². The average Bonchev–Trinajstić information content (AvgIpc) is 2.26. The molecule has 0 aliphatic carbocycles. The minimum absolute atomic E-state index is 0.0321. The van der Waals surface area contributed by atoms with Crippen molar-refractivity contribution in [2.75, 3.05) is 13.1 Å². The first-order valence-corrected chi connectivity index (χ1v) is 5.12. The van der Waals surface area contributed by atoms with E-state index >= 15 is 0 Å². The highest BCUT2D eigenvalue weighted by molar-refractivity contribution is 5.82. The molecule has 3 nitrogen and oxygen atoms in total. The molecule has 5 heteroatoms. The quantitative estimate of drug-likeness (QED) is 0.775. The molecule has 1 amide bonds. The van der Waals surface area contributed by atoms with Crippen molar-refractivity contribution < 1.29 is 13.6 Å². The Labute approximate surface area is 91.8 Å². The van der Waals surface area contributed by atoms with Gasteiger partial charge >= 0.3 is 0 Å². The number of nitrogens with one attached hydrogen (secondary N) is 2.